The first-order chi connectivity index (χ1) is 9.08. The summed E-state index contributed by atoms with van der Waals surface area (Å²) >= 11 is 0. The van der Waals surface area contributed by atoms with Gasteiger partial charge < -0.3 is 14.7 Å². The lowest BCUT2D eigenvalue weighted by Crippen LogP contribution is -2.39. The molecule has 1 aliphatic rings. The van der Waals surface area contributed by atoms with Crippen LogP contribution in [0.1, 0.15) is 30.1 Å². The minimum absolute atomic E-state index is 0.0308. The van der Waals surface area contributed by atoms with Crippen molar-refractivity contribution < 1.29 is 14.6 Å². The van der Waals surface area contributed by atoms with Crippen LogP contribution in [0.3, 0.4) is 0 Å². The van der Waals surface area contributed by atoms with Gasteiger partial charge in [-0.25, -0.2) is 4.79 Å². The average Bonchev–Trinajstić information content (AvgIpc) is 2.39. The SMILES string of the molecule is CC(Oc1ccccc1C(=O)O)C1CCCN(C)C1. The Bertz CT molecular complexity index is 447. The number of piperidine rings is 1. The third-order valence-electron chi connectivity index (χ3n) is 3.76. The first-order valence-electron chi connectivity index (χ1n) is 6.75. The fourth-order valence-corrected chi connectivity index (χ4v) is 2.63. The second kappa shape index (κ2) is 6.06. The number of hydrogen-bond donors (Lipinski definition) is 1. The summed E-state index contributed by atoms with van der Waals surface area (Å²) < 4.78 is 5.89. The Morgan fingerprint density at radius 1 is 1.47 bits per heavy atom. The lowest BCUT2D eigenvalue weighted by molar-refractivity contribution is 0.0670. The summed E-state index contributed by atoms with van der Waals surface area (Å²) in [5, 5.41) is 9.14. The van der Waals surface area contributed by atoms with Crippen LogP contribution in [0.2, 0.25) is 0 Å². The quantitative estimate of drug-likeness (QED) is 0.906. The van der Waals surface area contributed by atoms with Crippen molar-refractivity contribution in [3.63, 3.8) is 0 Å². The molecule has 4 nitrogen and oxygen atoms in total. The van der Waals surface area contributed by atoms with Crippen LogP contribution in [-0.4, -0.2) is 42.2 Å². The Hall–Kier alpha value is -1.55. The van der Waals surface area contributed by atoms with E-state index in [0.717, 1.165) is 19.5 Å². The van der Waals surface area contributed by atoms with E-state index in [1.54, 1.807) is 18.2 Å². The van der Waals surface area contributed by atoms with E-state index < -0.39 is 5.97 Å². The normalized spacial score (nSPS) is 21.9. The number of ether oxygens (including phenoxy) is 1. The summed E-state index contributed by atoms with van der Waals surface area (Å²) in [6.45, 7) is 4.17. The van der Waals surface area contributed by atoms with Crippen molar-refractivity contribution in [1.29, 1.82) is 0 Å². The Balaban J connectivity index is 2.06. The van der Waals surface area contributed by atoms with Gasteiger partial charge in [-0.1, -0.05) is 12.1 Å². The van der Waals surface area contributed by atoms with E-state index in [1.165, 1.54) is 6.42 Å². The largest absolute Gasteiger partial charge is 0.489 e. The van der Waals surface area contributed by atoms with Crippen molar-refractivity contribution >= 4 is 5.97 Å². The number of carboxylic acid groups (broad SMARTS) is 1. The lowest BCUT2D eigenvalue weighted by Gasteiger charge is -2.33. The van der Waals surface area contributed by atoms with E-state index in [0.29, 0.717) is 11.7 Å². The molecule has 0 saturated carbocycles. The molecular formula is C15H21NO3. The van der Waals surface area contributed by atoms with Crippen molar-refractivity contribution in [3.05, 3.63) is 29.8 Å². The summed E-state index contributed by atoms with van der Waals surface area (Å²) in [5.74, 6) is -0.0140. The molecule has 0 amide bonds. The molecule has 1 fully saturated rings. The van der Waals surface area contributed by atoms with Crippen molar-refractivity contribution in [2.75, 3.05) is 20.1 Å². The van der Waals surface area contributed by atoms with Crippen LogP contribution in [0.4, 0.5) is 0 Å². The summed E-state index contributed by atoms with van der Waals surface area (Å²) in [6.07, 6.45) is 2.35. The van der Waals surface area contributed by atoms with E-state index in [9.17, 15) is 4.79 Å². The van der Waals surface area contributed by atoms with E-state index in [-0.39, 0.29) is 11.7 Å². The van der Waals surface area contributed by atoms with Gasteiger partial charge in [0.2, 0.25) is 0 Å². The lowest BCUT2D eigenvalue weighted by atomic mass is 9.93. The highest BCUT2D eigenvalue weighted by Gasteiger charge is 2.25. The number of nitrogens with zero attached hydrogens (tertiary/aromatic N) is 1. The number of hydrogen-bond acceptors (Lipinski definition) is 3. The molecule has 0 aromatic heterocycles. The molecule has 2 atom stereocenters. The van der Waals surface area contributed by atoms with E-state index in [2.05, 4.69) is 11.9 Å². The van der Waals surface area contributed by atoms with E-state index >= 15 is 0 Å². The van der Waals surface area contributed by atoms with Gasteiger partial charge in [0.15, 0.2) is 0 Å². The number of carbonyl (C=O) groups is 1. The third kappa shape index (κ3) is 3.47. The number of likely N-dealkylation sites (tertiary alicyclic amines) is 1. The van der Waals surface area contributed by atoms with Crippen LogP contribution in [0.15, 0.2) is 24.3 Å². The Morgan fingerprint density at radius 2 is 2.21 bits per heavy atom. The highest BCUT2D eigenvalue weighted by molar-refractivity contribution is 5.90. The minimum atomic E-state index is -0.941. The van der Waals surface area contributed by atoms with Crippen LogP contribution >= 0.6 is 0 Å². The van der Waals surface area contributed by atoms with Gasteiger partial charge in [0.1, 0.15) is 11.3 Å². The van der Waals surface area contributed by atoms with Crippen molar-refractivity contribution in [1.82, 2.24) is 4.90 Å². The van der Waals surface area contributed by atoms with E-state index in [4.69, 9.17) is 9.84 Å². The number of carboxylic acids is 1. The Labute approximate surface area is 114 Å². The Kier molecular flexibility index (Phi) is 4.43. The summed E-state index contributed by atoms with van der Waals surface area (Å²) in [6, 6.07) is 6.83. The molecule has 2 rings (SSSR count). The summed E-state index contributed by atoms with van der Waals surface area (Å²) in [5.41, 5.74) is 0.235. The van der Waals surface area contributed by atoms with Crippen molar-refractivity contribution in [2.45, 2.75) is 25.9 Å². The molecule has 4 heteroatoms. The van der Waals surface area contributed by atoms with Crippen LogP contribution < -0.4 is 4.74 Å². The second-order valence-electron chi connectivity index (χ2n) is 5.29. The topological polar surface area (TPSA) is 49.8 Å². The highest BCUT2D eigenvalue weighted by Crippen LogP contribution is 2.25. The molecule has 1 saturated heterocycles. The molecule has 2 unspecified atom stereocenters. The molecular weight excluding hydrogens is 242 g/mol. The number of benzene rings is 1. The maximum Gasteiger partial charge on any atom is 0.339 e. The first-order valence-corrected chi connectivity index (χ1v) is 6.75. The average molecular weight is 263 g/mol. The molecule has 0 aliphatic carbocycles. The summed E-state index contributed by atoms with van der Waals surface area (Å²) in [4.78, 5) is 13.4. The number of para-hydroxylation sites is 1. The predicted molar refractivity (Wildman–Crippen MR) is 73.7 cm³/mol. The standard InChI is InChI=1S/C15H21NO3/c1-11(12-6-5-9-16(2)10-12)19-14-8-4-3-7-13(14)15(17)18/h3-4,7-8,11-12H,5-6,9-10H2,1-2H3,(H,17,18). The molecule has 1 aliphatic heterocycles. The van der Waals surface area contributed by atoms with Crippen molar-refractivity contribution in [2.24, 2.45) is 5.92 Å². The second-order valence-corrected chi connectivity index (χ2v) is 5.29. The third-order valence-corrected chi connectivity index (χ3v) is 3.76. The maximum atomic E-state index is 11.1. The zero-order valence-corrected chi connectivity index (χ0v) is 11.5. The van der Waals surface area contributed by atoms with Crippen LogP contribution in [0, 0.1) is 5.92 Å². The molecule has 0 bridgehead atoms. The molecule has 1 aromatic rings. The first kappa shape index (κ1) is 13.9. The molecule has 19 heavy (non-hydrogen) atoms. The smallest absolute Gasteiger partial charge is 0.339 e. The minimum Gasteiger partial charge on any atom is -0.489 e. The monoisotopic (exact) mass is 263 g/mol. The molecule has 104 valence electrons. The van der Waals surface area contributed by atoms with Gasteiger partial charge >= 0.3 is 5.97 Å². The van der Waals surface area contributed by atoms with Gasteiger partial charge in [-0.2, -0.15) is 0 Å². The molecule has 0 spiro atoms. The zero-order chi connectivity index (χ0) is 13.8. The van der Waals surface area contributed by atoms with E-state index in [1.807, 2.05) is 13.0 Å². The van der Waals surface area contributed by atoms with Crippen LogP contribution in [-0.2, 0) is 0 Å². The zero-order valence-electron chi connectivity index (χ0n) is 11.5. The fraction of sp³-hybridized carbons (Fsp3) is 0.533. The van der Waals surface area contributed by atoms with Gasteiger partial charge in [0.25, 0.3) is 0 Å². The van der Waals surface area contributed by atoms with Crippen LogP contribution in [0.5, 0.6) is 5.75 Å². The molecule has 1 N–H and O–H groups in total. The molecule has 1 aromatic carbocycles. The predicted octanol–water partition coefficient (Wildman–Crippen LogP) is 2.49. The highest BCUT2D eigenvalue weighted by atomic mass is 16.5. The molecule has 1 heterocycles. The number of rotatable bonds is 4. The number of aromatic carboxylic acids is 1. The Morgan fingerprint density at radius 3 is 2.89 bits per heavy atom. The van der Waals surface area contributed by atoms with Gasteiger partial charge in [-0.3, -0.25) is 0 Å². The van der Waals surface area contributed by atoms with Crippen molar-refractivity contribution in [3.8, 4) is 5.75 Å². The summed E-state index contributed by atoms with van der Waals surface area (Å²) in [7, 11) is 2.12. The molecule has 0 radical (unpaired) electrons. The van der Waals surface area contributed by atoms with Gasteiger partial charge in [0, 0.05) is 12.5 Å². The van der Waals surface area contributed by atoms with Gasteiger partial charge in [-0.05, 0) is 45.5 Å². The van der Waals surface area contributed by atoms with Crippen LogP contribution in [0.25, 0.3) is 0 Å². The van der Waals surface area contributed by atoms with Gasteiger partial charge in [-0.15, -0.1) is 0 Å². The maximum absolute atomic E-state index is 11.1. The fourth-order valence-electron chi connectivity index (χ4n) is 2.63. The van der Waals surface area contributed by atoms with Gasteiger partial charge in [0.05, 0.1) is 6.10 Å².